The highest BCUT2D eigenvalue weighted by atomic mass is 32.2. The summed E-state index contributed by atoms with van der Waals surface area (Å²) in [6.07, 6.45) is 3.85. The smallest absolute Gasteiger partial charge is 0.237 e. The second-order valence-electron chi connectivity index (χ2n) is 7.44. The minimum atomic E-state index is -0.0515. The second-order valence-corrected chi connectivity index (χ2v) is 8.63. The van der Waals surface area contributed by atoms with Gasteiger partial charge in [-0.05, 0) is 37.0 Å². The van der Waals surface area contributed by atoms with Gasteiger partial charge >= 0.3 is 0 Å². The monoisotopic (exact) mass is 426 g/mol. The number of unbranched alkanes of at least 4 members (excludes halogenated alkanes) is 2. The lowest BCUT2D eigenvalue weighted by atomic mass is 10.1. The molecule has 1 heterocycles. The number of carbonyl (C=O) groups excluding carboxylic acids is 2. The molecule has 1 aliphatic heterocycles. The molecule has 1 N–H and O–H groups in total. The zero-order chi connectivity index (χ0) is 21.0. The van der Waals surface area contributed by atoms with Gasteiger partial charge in [0.1, 0.15) is 6.73 Å². The molecule has 0 spiro atoms. The standard InChI is InChI=1S/C24H30N2O3S/c27-23(25-21-12-6-2-7-13-21)14-8-3-9-16-26-19-29-17-15-22(24(26)28)30-18-20-10-4-1-5-11-20/h1-2,4-7,10-13,22H,3,8-9,14-19H2,(H,25,27). The van der Waals surface area contributed by atoms with Gasteiger partial charge in [-0.3, -0.25) is 9.59 Å². The lowest BCUT2D eigenvalue weighted by molar-refractivity contribution is -0.133. The lowest BCUT2D eigenvalue weighted by Gasteiger charge is -2.23. The molecule has 1 saturated heterocycles. The Balaban J connectivity index is 1.35. The number of rotatable bonds is 10. The van der Waals surface area contributed by atoms with Crippen molar-refractivity contribution in [1.82, 2.24) is 4.90 Å². The molecule has 2 aromatic carbocycles. The maximum atomic E-state index is 12.9. The predicted molar refractivity (Wildman–Crippen MR) is 122 cm³/mol. The average molecular weight is 427 g/mol. The summed E-state index contributed by atoms with van der Waals surface area (Å²) < 4.78 is 5.65. The van der Waals surface area contributed by atoms with Crippen molar-refractivity contribution >= 4 is 29.3 Å². The maximum Gasteiger partial charge on any atom is 0.237 e. The van der Waals surface area contributed by atoms with Crippen molar-refractivity contribution in [2.24, 2.45) is 0 Å². The van der Waals surface area contributed by atoms with Crippen molar-refractivity contribution in [3.05, 3.63) is 66.2 Å². The molecular weight excluding hydrogens is 396 g/mol. The molecule has 0 bridgehead atoms. The Morgan fingerprint density at radius 2 is 1.77 bits per heavy atom. The molecule has 6 heteroatoms. The molecule has 160 valence electrons. The van der Waals surface area contributed by atoms with Gasteiger partial charge in [0.15, 0.2) is 0 Å². The van der Waals surface area contributed by atoms with Crippen LogP contribution in [0.25, 0.3) is 0 Å². The number of thioether (sulfide) groups is 1. The predicted octanol–water partition coefficient (Wildman–Crippen LogP) is 4.69. The summed E-state index contributed by atoms with van der Waals surface area (Å²) in [6.45, 7) is 1.67. The van der Waals surface area contributed by atoms with Gasteiger partial charge < -0.3 is 15.0 Å². The van der Waals surface area contributed by atoms with Crippen molar-refractivity contribution in [2.75, 3.05) is 25.2 Å². The van der Waals surface area contributed by atoms with Crippen molar-refractivity contribution in [3.8, 4) is 0 Å². The van der Waals surface area contributed by atoms with E-state index in [-0.39, 0.29) is 17.1 Å². The Kier molecular flexibility index (Phi) is 9.25. The summed E-state index contributed by atoms with van der Waals surface area (Å²) in [7, 11) is 0. The Morgan fingerprint density at radius 1 is 1.03 bits per heavy atom. The zero-order valence-corrected chi connectivity index (χ0v) is 18.1. The Labute approximate surface area is 183 Å². The Hall–Kier alpha value is -2.31. The number of para-hydroxylation sites is 1. The van der Waals surface area contributed by atoms with E-state index in [9.17, 15) is 9.59 Å². The SMILES string of the molecule is O=C(CCCCCN1COCCC(SCc2ccccc2)C1=O)Nc1ccccc1. The minimum Gasteiger partial charge on any atom is -0.361 e. The summed E-state index contributed by atoms with van der Waals surface area (Å²) in [4.78, 5) is 26.7. The van der Waals surface area contributed by atoms with E-state index in [0.717, 1.165) is 37.1 Å². The van der Waals surface area contributed by atoms with E-state index in [2.05, 4.69) is 17.4 Å². The van der Waals surface area contributed by atoms with Gasteiger partial charge in [0.2, 0.25) is 11.8 Å². The first-order valence-electron chi connectivity index (χ1n) is 10.6. The van der Waals surface area contributed by atoms with Gasteiger partial charge in [-0.15, -0.1) is 11.8 Å². The van der Waals surface area contributed by atoms with Gasteiger partial charge in [0.05, 0.1) is 11.9 Å². The second kappa shape index (κ2) is 12.4. The molecule has 2 amide bonds. The Bertz CT molecular complexity index is 786. The molecule has 2 aromatic rings. The minimum absolute atomic E-state index is 0.0350. The normalized spacial score (nSPS) is 16.9. The van der Waals surface area contributed by atoms with Crippen LogP contribution >= 0.6 is 11.8 Å². The van der Waals surface area contributed by atoms with Crippen LogP contribution < -0.4 is 5.32 Å². The number of nitrogens with zero attached hydrogens (tertiary/aromatic N) is 1. The fraction of sp³-hybridized carbons (Fsp3) is 0.417. The first kappa shape index (κ1) is 22.4. The molecule has 0 saturated carbocycles. The average Bonchev–Trinajstić information content (AvgIpc) is 2.95. The summed E-state index contributed by atoms with van der Waals surface area (Å²) in [5, 5.41) is 2.85. The molecular formula is C24H30N2O3S. The van der Waals surface area contributed by atoms with Crippen LogP contribution in [0.2, 0.25) is 0 Å². The fourth-order valence-corrected chi connectivity index (χ4v) is 4.51. The lowest BCUT2D eigenvalue weighted by Crippen LogP contribution is -2.37. The van der Waals surface area contributed by atoms with Crippen molar-refractivity contribution in [1.29, 1.82) is 0 Å². The van der Waals surface area contributed by atoms with Crippen LogP contribution in [0.4, 0.5) is 5.69 Å². The Morgan fingerprint density at radius 3 is 2.53 bits per heavy atom. The summed E-state index contributed by atoms with van der Waals surface area (Å²) in [5.41, 5.74) is 2.06. The first-order chi connectivity index (χ1) is 14.7. The quantitative estimate of drug-likeness (QED) is 0.560. The largest absolute Gasteiger partial charge is 0.361 e. The third kappa shape index (κ3) is 7.50. The molecule has 5 nitrogen and oxygen atoms in total. The van der Waals surface area contributed by atoms with E-state index >= 15 is 0 Å². The summed E-state index contributed by atoms with van der Waals surface area (Å²) in [6, 6.07) is 19.8. The van der Waals surface area contributed by atoms with E-state index in [0.29, 0.717) is 26.3 Å². The van der Waals surface area contributed by atoms with Crippen LogP contribution in [0.1, 0.15) is 37.7 Å². The molecule has 1 fully saturated rings. The van der Waals surface area contributed by atoms with Crippen LogP contribution in [0.5, 0.6) is 0 Å². The highest BCUT2D eigenvalue weighted by Gasteiger charge is 2.27. The number of nitrogens with one attached hydrogen (secondary N) is 1. The number of carbonyl (C=O) groups is 2. The zero-order valence-electron chi connectivity index (χ0n) is 17.3. The van der Waals surface area contributed by atoms with E-state index in [4.69, 9.17) is 4.74 Å². The van der Waals surface area contributed by atoms with Gasteiger partial charge in [0.25, 0.3) is 0 Å². The van der Waals surface area contributed by atoms with Crippen LogP contribution in [-0.2, 0) is 20.1 Å². The van der Waals surface area contributed by atoms with E-state index in [1.807, 2.05) is 53.4 Å². The first-order valence-corrected chi connectivity index (χ1v) is 11.6. The number of amides is 2. The van der Waals surface area contributed by atoms with E-state index in [1.165, 1.54) is 5.56 Å². The number of hydrogen-bond donors (Lipinski definition) is 1. The van der Waals surface area contributed by atoms with Crippen molar-refractivity contribution < 1.29 is 14.3 Å². The van der Waals surface area contributed by atoms with Crippen molar-refractivity contribution in [3.63, 3.8) is 0 Å². The van der Waals surface area contributed by atoms with Gasteiger partial charge in [0, 0.05) is 24.4 Å². The summed E-state index contributed by atoms with van der Waals surface area (Å²) in [5.74, 6) is 1.05. The summed E-state index contributed by atoms with van der Waals surface area (Å²) >= 11 is 1.70. The van der Waals surface area contributed by atoms with Gasteiger partial charge in [-0.1, -0.05) is 55.0 Å². The van der Waals surface area contributed by atoms with Crippen molar-refractivity contribution in [2.45, 2.75) is 43.1 Å². The molecule has 30 heavy (non-hydrogen) atoms. The van der Waals surface area contributed by atoms with Crippen LogP contribution in [-0.4, -0.2) is 41.8 Å². The fourth-order valence-electron chi connectivity index (χ4n) is 3.37. The van der Waals surface area contributed by atoms with E-state index in [1.54, 1.807) is 11.8 Å². The van der Waals surface area contributed by atoms with Gasteiger partial charge in [-0.2, -0.15) is 0 Å². The molecule has 1 unspecified atom stereocenters. The molecule has 1 aliphatic rings. The number of hydrogen-bond acceptors (Lipinski definition) is 4. The molecule has 0 aliphatic carbocycles. The highest BCUT2D eigenvalue weighted by molar-refractivity contribution is 7.99. The molecule has 1 atom stereocenters. The third-order valence-electron chi connectivity index (χ3n) is 5.04. The van der Waals surface area contributed by atoms with Crippen LogP contribution in [0.15, 0.2) is 60.7 Å². The van der Waals surface area contributed by atoms with Gasteiger partial charge in [-0.25, -0.2) is 0 Å². The molecule has 0 aromatic heterocycles. The third-order valence-corrected chi connectivity index (χ3v) is 6.38. The topological polar surface area (TPSA) is 58.6 Å². The highest BCUT2D eigenvalue weighted by Crippen LogP contribution is 2.24. The number of ether oxygens (including phenoxy) is 1. The van der Waals surface area contributed by atoms with Crippen LogP contribution in [0, 0.1) is 0 Å². The number of benzene rings is 2. The number of anilines is 1. The molecule has 3 rings (SSSR count). The molecule has 0 radical (unpaired) electrons. The van der Waals surface area contributed by atoms with Crippen LogP contribution in [0.3, 0.4) is 0 Å². The maximum absolute atomic E-state index is 12.9. The van der Waals surface area contributed by atoms with E-state index < -0.39 is 0 Å².